The highest BCUT2D eigenvalue weighted by Gasteiger charge is 2.12. The molecule has 0 saturated carbocycles. The van der Waals surface area contributed by atoms with E-state index in [1.54, 1.807) is 18.2 Å². The molecule has 1 amide bonds. The van der Waals surface area contributed by atoms with Gasteiger partial charge in [0, 0.05) is 6.04 Å². The summed E-state index contributed by atoms with van der Waals surface area (Å²) in [6.45, 7) is 4.10. The van der Waals surface area contributed by atoms with Gasteiger partial charge in [-0.05, 0) is 25.5 Å². The highest BCUT2D eigenvalue weighted by atomic mass is 16.3. The van der Waals surface area contributed by atoms with E-state index in [1.165, 1.54) is 6.07 Å². The molecule has 88 valence electrons. The lowest BCUT2D eigenvalue weighted by atomic mass is 10.1. The minimum absolute atomic E-state index is 0.0303. The van der Waals surface area contributed by atoms with Crippen LogP contribution >= 0.6 is 0 Å². The van der Waals surface area contributed by atoms with Crippen molar-refractivity contribution in [3.63, 3.8) is 0 Å². The van der Waals surface area contributed by atoms with E-state index in [4.69, 9.17) is 0 Å². The summed E-state index contributed by atoms with van der Waals surface area (Å²) in [5.41, 5.74) is 0.339. The van der Waals surface area contributed by atoms with E-state index in [0.717, 1.165) is 19.3 Å². The van der Waals surface area contributed by atoms with E-state index in [2.05, 4.69) is 12.2 Å². The number of unbranched alkanes of at least 4 members (excludes halogenated alkanes) is 1. The summed E-state index contributed by atoms with van der Waals surface area (Å²) < 4.78 is 0. The number of carbonyl (C=O) groups is 1. The van der Waals surface area contributed by atoms with Crippen LogP contribution in [0.2, 0.25) is 0 Å². The van der Waals surface area contributed by atoms with Gasteiger partial charge >= 0.3 is 0 Å². The molecule has 3 nitrogen and oxygen atoms in total. The Labute approximate surface area is 96.5 Å². The van der Waals surface area contributed by atoms with Gasteiger partial charge in [0.2, 0.25) is 0 Å². The van der Waals surface area contributed by atoms with E-state index in [-0.39, 0.29) is 17.7 Å². The summed E-state index contributed by atoms with van der Waals surface area (Å²) in [6.07, 6.45) is 3.19. The Morgan fingerprint density at radius 2 is 2.12 bits per heavy atom. The second-order valence-electron chi connectivity index (χ2n) is 4.03. The topological polar surface area (TPSA) is 49.3 Å². The zero-order chi connectivity index (χ0) is 12.0. The maximum atomic E-state index is 11.8. The lowest BCUT2D eigenvalue weighted by Gasteiger charge is -2.13. The van der Waals surface area contributed by atoms with E-state index in [1.807, 2.05) is 6.92 Å². The summed E-state index contributed by atoms with van der Waals surface area (Å²) in [6, 6.07) is 6.73. The fourth-order valence-electron chi connectivity index (χ4n) is 1.55. The molecule has 0 aliphatic rings. The average molecular weight is 221 g/mol. The summed E-state index contributed by atoms with van der Waals surface area (Å²) in [5.74, 6) is -0.176. The molecule has 0 saturated heterocycles. The number of phenolic OH excluding ortho intramolecular Hbond substituents is 1. The predicted octanol–water partition coefficient (Wildman–Crippen LogP) is 2.70. The Kier molecular flexibility index (Phi) is 4.83. The Bertz CT molecular complexity index is 350. The quantitative estimate of drug-likeness (QED) is 0.803. The van der Waals surface area contributed by atoms with E-state index < -0.39 is 0 Å². The standard InChI is InChI=1S/C13H19NO2/c1-3-4-7-10(2)14-13(16)11-8-5-6-9-12(11)15/h5-6,8-10,15H,3-4,7H2,1-2H3,(H,14,16). The molecule has 0 aliphatic carbocycles. The van der Waals surface area contributed by atoms with Crippen LogP contribution in [-0.4, -0.2) is 17.1 Å². The third kappa shape index (κ3) is 3.57. The molecule has 0 heterocycles. The Balaban J connectivity index is 2.56. The van der Waals surface area contributed by atoms with Crippen molar-refractivity contribution < 1.29 is 9.90 Å². The first kappa shape index (κ1) is 12.6. The van der Waals surface area contributed by atoms with E-state index in [0.29, 0.717) is 5.56 Å². The van der Waals surface area contributed by atoms with Gasteiger partial charge in [0.05, 0.1) is 5.56 Å². The van der Waals surface area contributed by atoms with Crippen LogP contribution in [0, 0.1) is 0 Å². The number of phenols is 1. The average Bonchev–Trinajstić information content (AvgIpc) is 2.26. The molecular weight excluding hydrogens is 202 g/mol. The molecular formula is C13H19NO2. The number of benzene rings is 1. The molecule has 0 radical (unpaired) electrons. The van der Waals surface area contributed by atoms with Crippen molar-refractivity contribution in [3.8, 4) is 5.75 Å². The maximum Gasteiger partial charge on any atom is 0.255 e. The number of amides is 1. The molecule has 1 atom stereocenters. The number of hydrogen-bond acceptors (Lipinski definition) is 2. The first-order chi connectivity index (χ1) is 7.65. The van der Waals surface area contributed by atoms with Crippen LogP contribution < -0.4 is 5.32 Å². The van der Waals surface area contributed by atoms with Crippen molar-refractivity contribution in [2.75, 3.05) is 0 Å². The van der Waals surface area contributed by atoms with Gasteiger partial charge in [-0.3, -0.25) is 4.79 Å². The van der Waals surface area contributed by atoms with Crippen molar-refractivity contribution in [3.05, 3.63) is 29.8 Å². The lowest BCUT2D eigenvalue weighted by molar-refractivity contribution is 0.0935. The number of carbonyl (C=O) groups excluding carboxylic acids is 1. The molecule has 1 aromatic rings. The predicted molar refractivity (Wildman–Crippen MR) is 64.6 cm³/mol. The summed E-state index contributed by atoms with van der Waals surface area (Å²) in [5, 5.41) is 12.4. The molecule has 1 unspecified atom stereocenters. The van der Waals surface area contributed by atoms with Gasteiger partial charge in [-0.25, -0.2) is 0 Å². The van der Waals surface area contributed by atoms with Crippen molar-refractivity contribution in [2.45, 2.75) is 39.2 Å². The first-order valence-electron chi connectivity index (χ1n) is 5.74. The van der Waals surface area contributed by atoms with Crippen LogP contribution in [0.25, 0.3) is 0 Å². The van der Waals surface area contributed by atoms with E-state index in [9.17, 15) is 9.90 Å². The van der Waals surface area contributed by atoms with Crippen molar-refractivity contribution >= 4 is 5.91 Å². The van der Waals surface area contributed by atoms with Gasteiger partial charge in [0.15, 0.2) is 0 Å². The minimum atomic E-state index is -0.207. The van der Waals surface area contributed by atoms with Crippen LogP contribution in [0.1, 0.15) is 43.5 Å². The Hall–Kier alpha value is -1.51. The monoisotopic (exact) mass is 221 g/mol. The highest BCUT2D eigenvalue weighted by Crippen LogP contribution is 2.15. The van der Waals surface area contributed by atoms with Crippen LogP contribution in [-0.2, 0) is 0 Å². The van der Waals surface area contributed by atoms with Crippen molar-refractivity contribution in [1.82, 2.24) is 5.32 Å². The summed E-state index contributed by atoms with van der Waals surface area (Å²) >= 11 is 0. The van der Waals surface area contributed by atoms with Gasteiger partial charge in [-0.15, -0.1) is 0 Å². The fourth-order valence-corrected chi connectivity index (χ4v) is 1.55. The second kappa shape index (κ2) is 6.16. The molecule has 16 heavy (non-hydrogen) atoms. The van der Waals surface area contributed by atoms with Gasteiger partial charge in [0.1, 0.15) is 5.75 Å². The van der Waals surface area contributed by atoms with Crippen LogP contribution in [0.5, 0.6) is 5.75 Å². The van der Waals surface area contributed by atoms with Crippen LogP contribution in [0.3, 0.4) is 0 Å². The zero-order valence-corrected chi connectivity index (χ0v) is 9.86. The molecule has 2 N–H and O–H groups in total. The molecule has 0 bridgehead atoms. The van der Waals surface area contributed by atoms with Gasteiger partial charge in [-0.2, -0.15) is 0 Å². The minimum Gasteiger partial charge on any atom is -0.507 e. The molecule has 0 aliphatic heterocycles. The molecule has 3 heteroatoms. The van der Waals surface area contributed by atoms with Crippen LogP contribution in [0.15, 0.2) is 24.3 Å². The maximum absolute atomic E-state index is 11.8. The normalized spacial score (nSPS) is 12.1. The first-order valence-corrected chi connectivity index (χ1v) is 5.74. The zero-order valence-electron chi connectivity index (χ0n) is 9.86. The van der Waals surface area contributed by atoms with Crippen molar-refractivity contribution in [2.24, 2.45) is 0 Å². The number of hydrogen-bond donors (Lipinski definition) is 2. The molecule has 0 aromatic heterocycles. The second-order valence-corrected chi connectivity index (χ2v) is 4.03. The van der Waals surface area contributed by atoms with Crippen molar-refractivity contribution in [1.29, 1.82) is 0 Å². The fraction of sp³-hybridized carbons (Fsp3) is 0.462. The molecule has 0 spiro atoms. The van der Waals surface area contributed by atoms with Gasteiger partial charge in [-0.1, -0.05) is 31.9 Å². The third-order valence-corrected chi connectivity index (χ3v) is 2.52. The number of para-hydroxylation sites is 1. The molecule has 1 rings (SSSR count). The van der Waals surface area contributed by atoms with E-state index >= 15 is 0 Å². The number of nitrogens with one attached hydrogen (secondary N) is 1. The third-order valence-electron chi connectivity index (χ3n) is 2.52. The molecule has 0 fully saturated rings. The summed E-state index contributed by atoms with van der Waals surface area (Å²) in [7, 11) is 0. The Morgan fingerprint density at radius 1 is 1.44 bits per heavy atom. The van der Waals surface area contributed by atoms with Crippen LogP contribution in [0.4, 0.5) is 0 Å². The number of rotatable bonds is 5. The molecule has 1 aromatic carbocycles. The SMILES string of the molecule is CCCCC(C)NC(=O)c1ccccc1O. The lowest BCUT2D eigenvalue weighted by Crippen LogP contribution is -2.32. The van der Waals surface area contributed by atoms with Gasteiger partial charge in [0.25, 0.3) is 5.91 Å². The largest absolute Gasteiger partial charge is 0.507 e. The summed E-state index contributed by atoms with van der Waals surface area (Å²) in [4.78, 5) is 11.8. The smallest absolute Gasteiger partial charge is 0.255 e. The number of aromatic hydroxyl groups is 1. The highest BCUT2D eigenvalue weighted by molar-refractivity contribution is 5.96. The Morgan fingerprint density at radius 3 is 2.75 bits per heavy atom. The van der Waals surface area contributed by atoms with Gasteiger partial charge < -0.3 is 10.4 Å².